The summed E-state index contributed by atoms with van der Waals surface area (Å²) in [5.74, 6) is -1.04. The highest BCUT2D eigenvalue weighted by Crippen LogP contribution is 1.93. The summed E-state index contributed by atoms with van der Waals surface area (Å²) in [6.45, 7) is 8.07. The van der Waals surface area contributed by atoms with E-state index in [9.17, 15) is 14.4 Å². The average molecular weight is 287 g/mol. The molecule has 0 aliphatic heterocycles. The summed E-state index contributed by atoms with van der Waals surface area (Å²) in [4.78, 5) is 32.7. The molecule has 116 valence electrons. The highest BCUT2D eigenvalue weighted by atomic mass is 16.5. The molecule has 0 spiro atoms. The van der Waals surface area contributed by atoms with Gasteiger partial charge in [0.1, 0.15) is 0 Å². The quantitative estimate of drug-likeness (QED) is 0.395. The molecular weight excluding hydrogens is 262 g/mol. The van der Waals surface area contributed by atoms with Gasteiger partial charge in [-0.25, -0.2) is 4.79 Å². The van der Waals surface area contributed by atoms with Gasteiger partial charge in [0, 0.05) is 19.0 Å². The van der Waals surface area contributed by atoms with Crippen molar-refractivity contribution in [1.82, 2.24) is 5.32 Å². The van der Waals surface area contributed by atoms with Crippen LogP contribution in [0.4, 0.5) is 0 Å². The number of rotatable bonds is 9. The number of hydrogen-bond acceptors (Lipinski definition) is 5. The zero-order valence-electron chi connectivity index (χ0n) is 12.6. The van der Waals surface area contributed by atoms with E-state index in [1.807, 2.05) is 13.8 Å². The molecule has 0 heterocycles. The van der Waals surface area contributed by atoms with E-state index in [-0.39, 0.29) is 18.7 Å². The van der Waals surface area contributed by atoms with E-state index < -0.39 is 11.9 Å². The van der Waals surface area contributed by atoms with Crippen molar-refractivity contribution < 1.29 is 23.9 Å². The van der Waals surface area contributed by atoms with E-state index in [1.54, 1.807) is 0 Å². The SMILES string of the molecule is C=CC(=O)OCCCCNC(=O)CCC(=O)OC.CC. The lowest BCUT2D eigenvalue weighted by Gasteiger charge is -2.05. The molecule has 6 heteroatoms. The first-order valence-electron chi connectivity index (χ1n) is 6.73. The Labute approximate surface area is 120 Å². The third kappa shape index (κ3) is 14.2. The second-order valence-corrected chi connectivity index (χ2v) is 3.50. The van der Waals surface area contributed by atoms with Crippen molar-refractivity contribution in [2.75, 3.05) is 20.3 Å². The largest absolute Gasteiger partial charge is 0.469 e. The number of esters is 2. The van der Waals surface area contributed by atoms with Crippen molar-refractivity contribution in [2.24, 2.45) is 0 Å². The van der Waals surface area contributed by atoms with E-state index >= 15 is 0 Å². The van der Waals surface area contributed by atoms with E-state index in [1.165, 1.54) is 7.11 Å². The van der Waals surface area contributed by atoms with Gasteiger partial charge < -0.3 is 14.8 Å². The molecule has 0 aromatic carbocycles. The first-order chi connectivity index (χ1) is 9.60. The van der Waals surface area contributed by atoms with Crippen LogP contribution in [-0.2, 0) is 23.9 Å². The summed E-state index contributed by atoms with van der Waals surface area (Å²) in [6.07, 6.45) is 2.68. The predicted octanol–water partition coefficient (Wildman–Crippen LogP) is 1.59. The Bertz CT molecular complexity index is 302. The molecule has 20 heavy (non-hydrogen) atoms. The van der Waals surface area contributed by atoms with Crippen molar-refractivity contribution in [3.8, 4) is 0 Å². The van der Waals surface area contributed by atoms with Gasteiger partial charge in [0.05, 0.1) is 20.1 Å². The van der Waals surface area contributed by atoms with E-state index in [4.69, 9.17) is 4.74 Å². The lowest BCUT2D eigenvalue weighted by atomic mass is 10.3. The summed E-state index contributed by atoms with van der Waals surface area (Å²) >= 11 is 0. The first-order valence-corrected chi connectivity index (χ1v) is 6.73. The number of carbonyl (C=O) groups excluding carboxylic acids is 3. The predicted molar refractivity (Wildman–Crippen MR) is 76.0 cm³/mol. The zero-order valence-corrected chi connectivity index (χ0v) is 12.6. The second-order valence-electron chi connectivity index (χ2n) is 3.50. The molecule has 0 saturated carbocycles. The molecular formula is C14H25NO5. The van der Waals surface area contributed by atoms with Crippen molar-refractivity contribution in [1.29, 1.82) is 0 Å². The Morgan fingerprint density at radius 3 is 2.35 bits per heavy atom. The maximum atomic E-state index is 11.2. The Balaban J connectivity index is 0. The number of nitrogens with one attached hydrogen (secondary N) is 1. The van der Waals surface area contributed by atoms with Crippen LogP contribution in [0.1, 0.15) is 39.5 Å². The number of methoxy groups -OCH3 is 1. The molecule has 0 aromatic heterocycles. The number of ether oxygens (including phenoxy) is 2. The van der Waals surface area contributed by atoms with Crippen molar-refractivity contribution in [2.45, 2.75) is 39.5 Å². The van der Waals surface area contributed by atoms with Crippen molar-refractivity contribution in [3.63, 3.8) is 0 Å². The second kappa shape index (κ2) is 15.2. The summed E-state index contributed by atoms with van der Waals surface area (Å²) in [7, 11) is 1.28. The Morgan fingerprint density at radius 1 is 1.15 bits per heavy atom. The molecule has 0 bridgehead atoms. The minimum absolute atomic E-state index is 0.0826. The molecule has 0 aromatic rings. The standard InChI is InChI=1S/C12H19NO5.C2H6/c1-3-11(15)18-9-5-4-8-13-10(14)6-7-12(16)17-2;1-2/h3H,1,4-9H2,2H3,(H,13,14);1-2H3. The molecule has 6 nitrogen and oxygen atoms in total. The number of amides is 1. The minimum atomic E-state index is -0.447. The monoisotopic (exact) mass is 287 g/mol. The molecule has 0 fully saturated rings. The Kier molecular flexibility index (Phi) is 15.6. The first kappa shape index (κ1) is 20.5. The topological polar surface area (TPSA) is 81.7 Å². The van der Waals surface area contributed by atoms with Gasteiger partial charge in [0.25, 0.3) is 0 Å². The van der Waals surface area contributed by atoms with Gasteiger partial charge >= 0.3 is 11.9 Å². The Morgan fingerprint density at radius 2 is 1.80 bits per heavy atom. The summed E-state index contributed by atoms with van der Waals surface area (Å²) < 4.78 is 9.18. The van der Waals surface area contributed by atoms with Crippen molar-refractivity contribution >= 4 is 17.8 Å². The van der Waals surface area contributed by atoms with E-state index in [0.29, 0.717) is 26.0 Å². The third-order valence-electron chi connectivity index (χ3n) is 2.09. The lowest BCUT2D eigenvalue weighted by Crippen LogP contribution is -2.25. The van der Waals surface area contributed by atoms with Crippen molar-refractivity contribution in [3.05, 3.63) is 12.7 Å². The average Bonchev–Trinajstić information content (AvgIpc) is 2.49. The fourth-order valence-corrected chi connectivity index (χ4v) is 1.09. The third-order valence-corrected chi connectivity index (χ3v) is 2.09. The van der Waals surface area contributed by atoms with Gasteiger partial charge in [-0.15, -0.1) is 0 Å². The molecule has 0 atom stereocenters. The van der Waals surface area contributed by atoms with Crippen LogP contribution >= 0.6 is 0 Å². The highest BCUT2D eigenvalue weighted by molar-refractivity contribution is 5.81. The highest BCUT2D eigenvalue weighted by Gasteiger charge is 2.05. The molecule has 0 saturated heterocycles. The normalized spacial score (nSPS) is 8.75. The molecule has 0 unspecified atom stereocenters. The fraction of sp³-hybridized carbons (Fsp3) is 0.643. The Hall–Kier alpha value is -1.85. The van der Waals surface area contributed by atoms with Gasteiger partial charge in [-0.2, -0.15) is 0 Å². The fourth-order valence-electron chi connectivity index (χ4n) is 1.09. The molecule has 0 rings (SSSR count). The number of carbonyl (C=O) groups is 3. The molecule has 0 radical (unpaired) electrons. The van der Waals surface area contributed by atoms with Crippen LogP contribution in [0.3, 0.4) is 0 Å². The number of hydrogen-bond donors (Lipinski definition) is 1. The number of unbranched alkanes of at least 4 members (excludes halogenated alkanes) is 1. The molecule has 1 N–H and O–H groups in total. The van der Waals surface area contributed by atoms with E-state index in [0.717, 1.165) is 6.08 Å². The smallest absolute Gasteiger partial charge is 0.330 e. The maximum absolute atomic E-state index is 11.2. The van der Waals surface area contributed by atoms with Crippen LogP contribution in [-0.4, -0.2) is 38.1 Å². The van der Waals surface area contributed by atoms with Crippen LogP contribution in [0.25, 0.3) is 0 Å². The molecule has 1 amide bonds. The maximum Gasteiger partial charge on any atom is 0.330 e. The summed E-state index contributed by atoms with van der Waals surface area (Å²) in [5, 5.41) is 2.66. The molecule has 0 aliphatic carbocycles. The van der Waals surface area contributed by atoms with Crippen LogP contribution in [0.2, 0.25) is 0 Å². The minimum Gasteiger partial charge on any atom is -0.469 e. The zero-order chi connectivity index (χ0) is 15.8. The van der Waals surface area contributed by atoms with E-state index in [2.05, 4.69) is 16.6 Å². The summed E-state index contributed by atoms with van der Waals surface area (Å²) in [6, 6.07) is 0. The van der Waals surface area contributed by atoms with Gasteiger partial charge in [-0.1, -0.05) is 20.4 Å². The summed E-state index contributed by atoms with van der Waals surface area (Å²) in [5.41, 5.74) is 0. The van der Waals surface area contributed by atoms with Crippen LogP contribution in [0.15, 0.2) is 12.7 Å². The van der Waals surface area contributed by atoms with Crippen LogP contribution in [0.5, 0.6) is 0 Å². The van der Waals surface area contributed by atoms with Crippen LogP contribution in [0, 0.1) is 0 Å². The lowest BCUT2D eigenvalue weighted by molar-refractivity contribution is -0.142. The molecule has 0 aliphatic rings. The van der Waals surface area contributed by atoms with Crippen LogP contribution < -0.4 is 5.32 Å². The van der Waals surface area contributed by atoms with Gasteiger partial charge in [0.15, 0.2) is 0 Å². The van der Waals surface area contributed by atoms with Gasteiger partial charge in [0.2, 0.25) is 5.91 Å². The van der Waals surface area contributed by atoms with Gasteiger partial charge in [-0.05, 0) is 12.8 Å². The van der Waals surface area contributed by atoms with Gasteiger partial charge in [-0.3, -0.25) is 9.59 Å².